The standard InChI is InChI=1S/C16H22N4O2S/c21-15(12-23-14-6-7-17-16(22)18-14)20-10-8-19(9-11-20)13-4-2-1-3-5-13/h1-5,14H,6-12H2,(H2,17,18,22). The van der Waals surface area contributed by atoms with Crippen LogP contribution < -0.4 is 15.5 Å². The molecule has 2 fully saturated rings. The van der Waals surface area contributed by atoms with E-state index in [0.717, 1.165) is 32.6 Å². The first-order chi connectivity index (χ1) is 11.2. The summed E-state index contributed by atoms with van der Waals surface area (Å²) in [4.78, 5) is 27.8. The molecule has 0 saturated carbocycles. The molecule has 23 heavy (non-hydrogen) atoms. The van der Waals surface area contributed by atoms with Crippen molar-refractivity contribution in [1.29, 1.82) is 0 Å². The predicted octanol–water partition coefficient (Wildman–Crippen LogP) is 1.10. The molecule has 0 spiro atoms. The van der Waals surface area contributed by atoms with Crippen LogP contribution >= 0.6 is 11.8 Å². The van der Waals surface area contributed by atoms with Gasteiger partial charge in [-0.1, -0.05) is 18.2 Å². The number of carbonyl (C=O) groups is 2. The van der Waals surface area contributed by atoms with Gasteiger partial charge in [0.2, 0.25) is 5.91 Å². The van der Waals surface area contributed by atoms with Crippen LogP contribution in [0, 0.1) is 0 Å². The zero-order valence-electron chi connectivity index (χ0n) is 13.0. The van der Waals surface area contributed by atoms with Gasteiger partial charge in [-0.3, -0.25) is 4.79 Å². The highest BCUT2D eigenvalue weighted by Crippen LogP contribution is 2.18. The van der Waals surface area contributed by atoms with Crippen LogP contribution in [0.15, 0.2) is 30.3 Å². The van der Waals surface area contributed by atoms with Gasteiger partial charge < -0.3 is 20.4 Å². The highest BCUT2D eigenvalue weighted by molar-refractivity contribution is 8.00. The summed E-state index contributed by atoms with van der Waals surface area (Å²) in [5.41, 5.74) is 1.21. The molecule has 3 amide bonds. The average molecular weight is 334 g/mol. The molecule has 0 aliphatic carbocycles. The summed E-state index contributed by atoms with van der Waals surface area (Å²) in [5, 5.41) is 5.60. The monoisotopic (exact) mass is 334 g/mol. The second kappa shape index (κ2) is 7.59. The highest BCUT2D eigenvalue weighted by Gasteiger charge is 2.23. The van der Waals surface area contributed by atoms with E-state index in [1.54, 1.807) is 0 Å². The number of carbonyl (C=O) groups excluding carboxylic acids is 2. The van der Waals surface area contributed by atoms with Crippen LogP contribution in [0.5, 0.6) is 0 Å². The number of hydrogen-bond donors (Lipinski definition) is 2. The number of piperazine rings is 1. The molecule has 2 saturated heterocycles. The molecule has 0 bridgehead atoms. The number of nitrogens with zero attached hydrogens (tertiary/aromatic N) is 2. The van der Waals surface area contributed by atoms with Gasteiger partial charge >= 0.3 is 6.03 Å². The van der Waals surface area contributed by atoms with E-state index in [1.807, 2.05) is 23.1 Å². The minimum absolute atomic E-state index is 0.0401. The van der Waals surface area contributed by atoms with Gasteiger partial charge in [0.25, 0.3) is 0 Å². The number of nitrogens with one attached hydrogen (secondary N) is 2. The Balaban J connectivity index is 1.42. The fraction of sp³-hybridized carbons (Fsp3) is 0.500. The number of urea groups is 1. The number of hydrogen-bond acceptors (Lipinski definition) is 4. The Morgan fingerprint density at radius 2 is 1.91 bits per heavy atom. The fourth-order valence-electron chi connectivity index (χ4n) is 2.83. The normalized spacial score (nSPS) is 21.6. The van der Waals surface area contributed by atoms with Gasteiger partial charge in [0.15, 0.2) is 0 Å². The van der Waals surface area contributed by atoms with Crippen LogP contribution in [0.25, 0.3) is 0 Å². The largest absolute Gasteiger partial charge is 0.368 e. The van der Waals surface area contributed by atoms with E-state index in [9.17, 15) is 9.59 Å². The topological polar surface area (TPSA) is 64.7 Å². The Kier molecular flexibility index (Phi) is 5.27. The van der Waals surface area contributed by atoms with Gasteiger partial charge in [0.05, 0.1) is 11.1 Å². The smallest absolute Gasteiger partial charge is 0.315 e. The molecule has 1 aromatic carbocycles. The van der Waals surface area contributed by atoms with Crippen LogP contribution in [0.3, 0.4) is 0 Å². The maximum absolute atomic E-state index is 12.3. The number of amides is 3. The lowest BCUT2D eigenvalue weighted by molar-refractivity contribution is -0.128. The molecule has 2 N–H and O–H groups in total. The van der Waals surface area contributed by atoms with Crippen LogP contribution in [0.2, 0.25) is 0 Å². The number of anilines is 1. The van der Waals surface area contributed by atoms with Crippen molar-refractivity contribution in [1.82, 2.24) is 15.5 Å². The molecule has 2 heterocycles. The minimum Gasteiger partial charge on any atom is -0.368 e. The van der Waals surface area contributed by atoms with Gasteiger partial charge in [0, 0.05) is 38.4 Å². The van der Waals surface area contributed by atoms with E-state index in [2.05, 4.69) is 27.7 Å². The fourth-order valence-corrected chi connectivity index (χ4v) is 3.83. The molecular formula is C16H22N4O2S. The van der Waals surface area contributed by atoms with Crippen LogP contribution in [-0.4, -0.2) is 60.7 Å². The average Bonchev–Trinajstić information content (AvgIpc) is 2.61. The Morgan fingerprint density at radius 3 is 2.61 bits per heavy atom. The van der Waals surface area contributed by atoms with Crippen LogP contribution in [0.1, 0.15) is 6.42 Å². The Hall–Kier alpha value is -1.89. The second-order valence-corrected chi connectivity index (χ2v) is 6.88. The molecule has 6 nitrogen and oxygen atoms in total. The molecule has 7 heteroatoms. The lowest BCUT2D eigenvalue weighted by Gasteiger charge is -2.36. The molecule has 0 radical (unpaired) electrons. The maximum atomic E-state index is 12.3. The van der Waals surface area contributed by atoms with Crippen molar-refractivity contribution in [2.75, 3.05) is 43.4 Å². The molecular weight excluding hydrogens is 312 g/mol. The number of thioether (sulfide) groups is 1. The number of para-hydroxylation sites is 1. The van der Waals surface area contributed by atoms with E-state index >= 15 is 0 Å². The van der Waals surface area contributed by atoms with Crippen LogP contribution in [0.4, 0.5) is 10.5 Å². The predicted molar refractivity (Wildman–Crippen MR) is 92.6 cm³/mol. The third-order valence-electron chi connectivity index (χ3n) is 4.15. The lowest BCUT2D eigenvalue weighted by Crippen LogP contribution is -2.50. The van der Waals surface area contributed by atoms with E-state index in [-0.39, 0.29) is 17.3 Å². The van der Waals surface area contributed by atoms with Crippen molar-refractivity contribution in [3.63, 3.8) is 0 Å². The zero-order chi connectivity index (χ0) is 16.1. The van der Waals surface area contributed by atoms with Gasteiger partial charge in [-0.15, -0.1) is 11.8 Å². The van der Waals surface area contributed by atoms with Crippen LogP contribution in [-0.2, 0) is 4.79 Å². The van der Waals surface area contributed by atoms with Gasteiger partial charge in [0.1, 0.15) is 0 Å². The number of rotatable bonds is 4. The third kappa shape index (κ3) is 4.31. The van der Waals surface area contributed by atoms with Crippen molar-refractivity contribution >= 4 is 29.4 Å². The van der Waals surface area contributed by atoms with Gasteiger partial charge in [-0.05, 0) is 18.6 Å². The summed E-state index contributed by atoms with van der Waals surface area (Å²) in [5.74, 6) is 0.589. The summed E-state index contributed by atoms with van der Waals surface area (Å²) in [6, 6.07) is 10.2. The summed E-state index contributed by atoms with van der Waals surface area (Å²) >= 11 is 1.52. The molecule has 124 valence electrons. The first kappa shape index (κ1) is 16.0. The summed E-state index contributed by atoms with van der Waals surface area (Å²) in [6.07, 6.45) is 0.853. The first-order valence-corrected chi connectivity index (χ1v) is 9.01. The Morgan fingerprint density at radius 1 is 1.17 bits per heavy atom. The summed E-state index contributed by atoms with van der Waals surface area (Å²) < 4.78 is 0. The molecule has 1 unspecified atom stereocenters. The maximum Gasteiger partial charge on any atom is 0.315 e. The molecule has 0 aromatic heterocycles. The SMILES string of the molecule is O=C1NCCC(SCC(=O)N2CCN(c3ccccc3)CC2)N1. The Bertz CT molecular complexity index is 546. The van der Waals surface area contributed by atoms with Crippen molar-refractivity contribution < 1.29 is 9.59 Å². The summed E-state index contributed by atoms with van der Waals surface area (Å²) in [7, 11) is 0. The van der Waals surface area contributed by atoms with Crippen molar-refractivity contribution in [2.24, 2.45) is 0 Å². The van der Waals surface area contributed by atoms with E-state index in [4.69, 9.17) is 0 Å². The van der Waals surface area contributed by atoms with Crippen molar-refractivity contribution in [2.45, 2.75) is 11.8 Å². The molecule has 3 rings (SSSR count). The van der Waals surface area contributed by atoms with E-state index < -0.39 is 0 Å². The molecule has 1 atom stereocenters. The quantitative estimate of drug-likeness (QED) is 0.865. The van der Waals surface area contributed by atoms with Crippen molar-refractivity contribution in [3.8, 4) is 0 Å². The minimum atomic E-state index is -0.141. The highest BCUT2D eigenvalue weighted by atomic mass is 32.2. The first-order valence-electron chi connectivity index (χ1n) is 7.96. The molecule has 2 aliphatic heterocycles. The summed E-state index contributed by atoms with van der Waals surface area (Å²) in [6.45, 7) is 3.92. The Labute approximate surface area is 140 Å². The number of benzene rings is 1. The second-order valence-electron chi connectivity index (χ2n) is 5.69. The van der Waals surface area contributed by atoms with E-state index in [1.165, 1.54) is 17.4 Å². The lowest BCUT2D eigenvalue weighted by atomic mass is 10.2. The zero-order valence-corrected chi connectivity index (χ0v) is 13.8. The third-order valence-corrected chi connectivity index (χ3v) is 5.32. The van der Waals surface area contributed by atoms with Gasteiger partial charge in [-0.2, -0.15) is 0 Å². The van der Waals surface area contributed by atoms with Gasteiger partial charge in [-0.25, -0.2) is 4.79 Å². The molecule has 2 aliphatic rings. The van der Waals surface area contributed by atoms with E-state index in [0.29, 0.717) is 12.3 Å². The molecule has 1 aromatic rings. The van der Waals surface area contributed by atoms with Crippen molar-refractivity contribution in [3.05, 3.63) is 30.3 Å².